The molecule has 0 aliphatic heterocycles. The summed E-state index contributed by atoms with van der Waals surface area (Å²) in [5.74, 6) is 0.527. The number of fused-ring (bicyclic) bond motifs is 1. The molecule has 3 N–H and O–H groups in total. The average Bonchev–Trinajstić information content (AvgIpc) is 3.15. The zero-order chi connectivity index (χ0) is 21.8. The molecule has 3 aromatic carbocycles. The SMILES string of the molecule is CC(=O)Nc1ccc(Cc2nc3ccc(C(=O)NCc4ccccc4Cl)cc3[nH]2)cc1. The molecule has 7 heteroatoms. The lowest BCUT2D eigenvalue weighted by Crippen LogP contribution is -2.22. The van der Waals surface area contributed by atoms with Crippen LogP contribution < -0.4 is 10.6 Å². The molecule has 0 radical (unpaired) electrons. The van der Waals surface area contributed by atoms with E-state index in [1.807, 2.05) is 48.5 Å². The third-order valence-electron chi connectivity index (χ3n) is 4.84. The normalized spacial score (nSPS) is 10.8. The van der Waals surface area contributed by atoms with Crippen molar-refractivity contribution in [3.05, 3.63) is 94.3 Å². The van der Waals surface area contributed by atoms with Crippen LogP contribution in [-0.4, -0.2) is 21.8 Å². The van der Waals surface area contributed by atoms with E-state index in [4.69, 9.17) is 11.6 Å². The third-order valence-corrected chi connectivity index (χ3v) is 5.20. The summed E-state index contributed by atoms with van der Waals surface area (Å²) in [6.07, 6.45) is 0.614. The molecule has 0 unspecified atom stereocenters. The van der Waals surface area contributed by atoms with Gasteiger partial charge >= 0.3 is 0 Å². The Hall–Kier alpha value is -3.64. The Kier molecular flexibility index (Phi) is 6.00. The van der Waals surface area contributed by atoms with E-state index < -0.39 is 0 Å². The fourth-order valence-electron chi connectivity index (χ4n) is 3.31. The van der Waals surface area contributed by atoms with Crippen LogP contribution in [0, 0.1) is 0 Å². The van der Waals surface area contributed by atoms with Crippen LogP contribution in [0.15, 0.2) is 66.7 Å². The lowest BCUT2D eigenvalue weighted by molar-refractivity contribution is -0.114. The monoisotopic (exact) mass is 432 g/mol. The first-order valence-corrected chi connectivity index (χ1v) is 10.2. The molecule has 6 nitrogen and oxygen atoms in total. The predicted molar refractivity (Wildman–Crippen MR) is 122 cm³/mol. The largest absolute Gasteiger partial charge is 0.348 e. The van der Waals surface area contributed by atoms with Crippen molar-refractivity contribution in [2.24, 2.45) is 0 Å². The third kappa shape index (κ3) is 5.10. The summed E-state index contributed by atoms with van der Waals surface area (Å²) < 4.78 is 0. The van der Waals surface area contributed by atoms with Crippen LogP contribution in [0.3, 0.4) is 0 Å². The number of aromatic nitrogens is 2. The highest BCUT2D eigenvalue weighted by Crippen LogP contribution is 2.18. The minimum absolute atomic E-state index is 0.100. The molecule has 0 atom stereocenters. The summed E-state index contributed by atoms with van der Waals surface area (Å²) in [5, 5.41) is 6.28. The number of imidazole rings is 1. The first-order chi connectivity index (χ1) is 15.0. The van der Waals surface area contributed by atoms with Gasteiger partial charge in [-0.3, -0.25) is 9.59 Å². The summed E-state index contributed by atoms with van der Waals surface area (Å²) in [5.41, 5.74) is 4.84. The van der Waals surface area contributed by atoms with Crippen LogP contribution in [0.25, 0.3) is 11.0 Å². The number of hydrogen-bond acceptors (Lipinski definition) is 3. The lowest BCUT2D eigenvalue weighted by Gasteiger charge is -2.07. The van der Waals surface area contributed by atoms with Gasteiger partial charge in [-0.2, -0.15) is 0 Å². The van der Waals surface area contributed by atoms with Crippen molar-refractivity contribution >= 4 is 40.1 Å². The maximum Gasteiger partial charge on any atom is 0.251 e. The molecule has 31 heavy (non-hydrogen) atoms. The molecule has 0 aliphatic carbocycles. The highest BCUT2D eigenvalue weighted by atomic mass is 35.5. The van der Waals surface area contributed by atoms with Gasteiger partial charge in [0.15, 0.2) is 0 Å². The number of carbonyl (C=O) groups excluding carboxylic acids is 2. The van der Waals surface area contributed by atoms with Crippen molar-refractivity contribution in [1.29, 1.82) is 0 Å². The summed E-state index contributed by atoms with van der Waals surface area (Å²) in [7, 11) is 0. The molecule has 1 aromatic heterocycles. The first-order valence-electron chi connectivity index (χ1n) is 9.85. The fraction of sp³-hybridized carbons (Fsp3) is 0.125. The quantitative estimate of drug-likeness (QED) is 0.413. The number of halogens is 1. The smallest absolute Gasteiger partial charge is 0.251 e. The van der Waals surface area contributed by atoms with Crippen molar-refractivity contribution in [2.75, 3.05) is 5.32 Å². The number of nitrogens with zero attached hydrogens (tertiary/aromatic N) is 1. The summed E-state index contributed by atoms with van der Waals surface area (Å²) in [6.45, 7) is 1.84. The van der Waals surface area contributed by atoms with Crippen molar-refractivity contribution in [3.63, 3.8) is 0 Å². The summed E-state index contributed by atoms with van der Waals surface area (Å²) in [6, 6.07) is 20.4. The number of anilines is 1. The molecule has 0 saturated carbocycles. The molecule has 156 valence electrons. The van der Waals surface area contributed by atoms with Crippen LogP contribution in [-0.2, 0) is 17.8 Å². The molecule has 4 rings (SSSR count). The number of aromatic amines is 1. The van der Waals surface area contributed by atoms with Gasteiger partial charge in [0, 0.05) is 36.2 Å². The molecular formula is C24H21ClN4O2. The van der Waals surface area contributed by atoms with E-state index >= 15 is 0 Å². The highest BCUT2D eigenvalue weighted by Gasteiger charge is 2.10. The second kappa shape index (κ2) is 9.02. The van der Waals surface area contributed by atoms with E-state index in [1.165, 1.54) is 6.92 Å². The van der Waals surface area contributed by atoms with Gasteiger partial charge < -0.3 is 15.6 Å². The van der Waals surface area contributed by atoms with Crippen molar-refractivity contribution in [2.45, 2.75) is 19.9 Å². The maximum atomic E-state index is 12.6. The number of carbonyl (C=O) groups is 2. The average molecular weight is 433 g/mol. The van der Waals surface area contributed by atoms with E-state index in [1.54, 1.807) is 18.2 Å². The molecule has 0 bridgehead atoms. The highest BCUT2D eigenvalue weighted by molar-refractivity contribution is 6.31. The zero-order valence-corrected chi connectivity index (χ0v) is 17.7. The second-order valence-electron chi connectivity index (χ2n) is 7.24. The number of benzene rings is 3. The van der Waals surface area contributed by atoms with Crippen LogP contribution in [0.1, 0.15) is 34.2 Å². The van der Waals surface area contributed by atoms with Crippen molar-refractivity contribution in [1.82, 2.24) is 15.3 Å². The predicted octanol–water partition coefficient (Wildman–Crippen LogP) is 4.70. The Balaban J connectivity index is 1.44. The van der Waals surface area contributed by atoms with Crippen LogP contribution in [0.5, 0.6) is 0 Å². The molecule has 1 heterocycles. The molecule has 4 aromatic rings. The number of H-pyrrole nitrogens is 1. The van der Waals surface area contributed by atoms with E-state index in [0.29, 0.717) is 23.6 Å². The molecule has 0 saturated heterocycles. The van der Waals surface area contributed by atoms with Gasteiger partial charge in [-0.15, -0.1) is 0 Å². The molecule has 0 spiro atoms. The van der Waals surface area contributed by atoms with Crippen LogP contribution in [0.4, 0.5) is 5.69 Å². The van der Waals surface area contributed by atoms with Gasteiger partial charge in [-0.1, -0.05) is 41.9 Å². The molecular weight excluding hydrogens is 412 g/mol. The number of amides is 2. The Morgan fingerprint density at radius 3 is 2.55 bits per heavy atom. The topological polar surface area (TPSA) is 86.9 Å². The summed E-state index contributed by atoms with van der Waals surface area (Å²) >= 11 is 6.15. The maximum absolute atomic E-state index is 12.6. The van der Waals surface area contributed by atoms with Gasteiger partial charge in [0.25, 0.3) is 5.91 Å². The Labute approximate surface area is 184 Å². The molecule has 0 aliphatic rings. The van der Waals surface area contributed by atoms with Crippen molar-refractivity contribution in [3.8, 4) is 0 Å². The van der Waals surface area contributed by atoms with Crippen LogP contribution in [0.2, 0.25) is 5.02 Å². The van der Waals surface area contributed by atoms with E-state index in [9.17, 15) is 9.59 Å². The summed E-state index contributed by atoms with van der Waals surface area (Å²) in [4.78, 5) is 31.6. The van der Waals surface area contributed by atoms with Gasteiger partial charge in [0.05, 0.1) is 11.0 Å². The molecule has 0 fully saturated rings. The minimum atomic E-state index is -0.175. The van der Waals surface area contributed by atoms with Gasteiger partial charge in [-0.05, 0) is 47.5 Å². The Bertz CT molecular complexity index is 1250. The zero-order valence-electron chi connectivity index (χ0n) is 16.9. The fourth-order valence-corrected chi connectivity index (χ4v) is 3.51. The van der Waals surface area contributed by atoms with E-state index in [0.717, 1.165) is 33.7 Å². The van der Waals surface area contributed by atoms with Gasteiger partial charge in [-0.25, -0.2) is 4.98 Å². The van der Waals surface area contributed by atoms with Crippen molar-refractivity contribution < 1.29 is 9.59 Å². The van der Waals surface area contributed by atoms with Gasteiger partial charge in [0.1, 0.15) is 5.82 Å². The molecule has 2 amide bonds. The van der Waals surface area contributed by atoms with Crippen LogP contribution >= 0.6 is 11.6 Å². The number of hydrogen-bond donors (Lipinski definition) is 3. The first kappa shape index (κ1) is 20.6. The second-order valence-corrected chi connectivity index (χ2v) is 7.65. The van der Waals surface area contributed by atoms with E-state index in [-0.39, 0.29) is 11.8 Å². The lowest BCUT2D eigenvalue weighted by atomic mass is 10.1. The Morgan fingerprint density at radius 1 is 1.03 bits per heavy atom. The van der Waals surface area contributed by atoms with Gasteiger partial charge in [0.2, 0.25) is 5.91 Å². The van der Waals surface area contributed by atoms with E-state index in [2.05, 4.69) is 20.6 Å². The standard InChI is InChI=1S/C24H21ClN4O2/c1-15(30)27-19-9-6-16(7-10-19)12-23-28-21-11-8-17(13-22(21)29-23)24(31)26-14-18-4-2-3-5-20(18)25/h2-11,13H,12,14H2,1H3,(H,26,31)(H,27,30)(H,28,29). The minimum Gasteiger partial charge on any atom is -0.348 e. The number of nitrogens with one attached hydrogen (secondary N) is 3. The Morgan fingerprint density at radius 2 is 1.81 bits per heavy atom. The number of rotatable bonds is 6.